The van der Waals surface area contributed by atoms with Crippen LogP contribution in [0.1, 0.15) is 56.6 Å². The van der Waals surface area contributed by atoms with Gasteiger partial charge >= 0.3 is 0 Å². The molecule has 0 spiro atoms. The van der Waals surface area contributed by atoms with E-state index in [2.05, 4.69) is 5.32 Å². The van der Waals surface area contributed by atoms with Crippen LogP contribution in [0.2, 0.25) is 0 Å². The molecule has 1 fully saturated rings. The minimum Gasteiger partial charge on any atom is -0.347 e. The van der Waals surface area contributed by atoms with Gasteiger partial charge in [-0.25, -0.2) is 0 Å². The number of nitrogens with zero attached hydrogens (tertiary/aromatic N) is 2. The molecule has 1 aromatic carbocycles. The van der Waals surface area contributed by atoms with Crippen LogP contribution in [0.15, 0.2) is 18.2 Å². The number of nitrogens with one attached hydrogen (secondary N) is 1. The molecule has 2 aliphatic rings. The molecule has 28 heavy (non-hydrogen) atoms. The number of amides is 3. The van der Waals surface area contributed by atoms with E-state index in [4.69, 9.17) is 0 Å². The number of rotatable bonds is 5. The van der Waals surface area contributed by atoms with Gasteiger partial charge in [-0.1, -0.05) is 25.8 Å². The second-order valence-corrected chi connectivity index (χ2v) is 8.18. The van der Waals surface area contributed by atoms with Crippen molar-refractivity contribution in [1.82, 2.24) is 9.80 Å². The number of benzene rings is 1. The molecular formula is C22H31N3O3. The van der Waals surface area contributed by atoms with Crippen molar-refractivity contribution in [3.05, 3.63) is 29.3 Å². The van der Waals surface area contributed by atoms with E-state index in [0.29, 0.717) is 19.4 Å². The lowest BCUT2D eigenvalue weighted by Crippen LogP contribution is -2.53. The Morgan fingerprint density at radius 3 is 2.50 bits per heavy atom. The molecule has 0 aromatic heterocycles. The molecule has 1 saturated carbocycles. The van der Waals surface area contributed by atoms with Crippen LogP contribution in [0.5, 0.6) is 0 Å². The average Bonchev–Trinajstić information content (AvgIpc) is 3.20. The van der Waals surface area contributed by atoms with Gasteiger partial charge in [-0.3, -0.25) is 14.4 Å². The standard InChI is InChI=1S/C22H31N3O3/c1-4-7-20(26)23-18-11-10-16-13-19(22(28)24(2)3)25(14-17(16)12-18)21(27)15-8-5-6-9-15/h10-12,15,19H,4-9,13-14H2,1-3H3,(H,23,26)/t19-/m1/s1. The summed E-state index contributed by atoms with van der Waals surface area (Å²) in [5.41, 5.74) is 2.84. The Bertz CT molecular complexity index is 753. The summed E-state index contributed by atoms with van der Waals surface area (Å²) in [6.45, 7) is 2.40. The fourth-order valence-electron chi connectivity index (χ4n) is 4.27. The van der Waals surface area contributed by atoms with Gasteiger partial charge in [-0.15, -0.1) is 0 Å². The molecule has 1 N–H and O–H groups in total. The highest BCUT2D eigenvalue weighted by atomic mass is 16.2. The topological polar surface area (TPSA) is 69.7 Å². The predicted octanol–water partition coefficient (Wildman–Crippen LogP) is 2.96. The maximum absolute atomic E-state index is 13.2. The number of fused-ring (bicyclic) bond motifs is 1. The molecule has 1 aromatic rings. The van der Waals surface area contributed by atoms with E-state index >= 15 is 0 Å². The van der Waals surface area contributed by atoms with Crippen molar-refractivity contribution in [2.75, 3.05) is 19.4 Å². The third kappa shape index (κ3) is 4.37. The Morgan fingerprint density at radius 1 is 1.14 bits per heavy atom. The maximum atomic E-state index is 13.2. The van der Waals surface area contributed by atoms with Crippen molar-refractivity contribution in [2.24, 2.45) is 5.92 Å². The van der Waals surface area contributed by atoms with Gasteiger partial charge in [0.25, 0.3) is 0 Å². The average molecular weight is 386 g/mol. The molecule has 3 rings (SSSR count). The van der Waals surface area contributed by atoms with E-state index in [1.54, 1.807) is 23.9 Å². The molecule has 0 unspecified atom stereocenters. The first-order valence-corrected chi connectivity index (χ1v) is 10.3. The van der Waals surface area contributed by atoms with E-state index < -0.39 is 6.04 Å². The number of carbonyl (C=O) groups excluding carboxylic acids is 3. The van der Waals surface area contributed by atoms with Crippen LogP contribution in [-0.4, -0.2) is 47.7 Å². The first kappa shape index (κ1) is 20.4. The van der Waals surface area contributed by atoms with Gasteiger partial charge in [0.15, 0.2) is 0 Å². The molecule has 1 aliphatic carbocycles. The summed E-state index contributed by atoms with van der Waals surface area (Å²) in [6, 6.07) is 5.37. The summed E-state index contributed by atoms with van der Waals surface area (Å²) in [6.07, 6.45) is 5.81. The molecule has 1 aliphatic heterocycles. The monoisotopic (exact) mass is 385 g/mol. The number of hydrogen-bond acceptors (Lipinski definition) is 3. The second-order valence-electron chi connectivity index (χ2n) is 8.18. The van der Waals surface area contributed by atoms with Crippen LogP contribution >= 0.6 is 0 Å². The van der Waals surface area contributed by atoms with Crippen LogP contribution in [0, 0.1) is 5.92 Å². The van der Waals surface area contributed by atoms with E-state index in [1.807, 2.05) is 25.1 Å². The summed E-state index contributed by atoms with van der Waals surface area (Å²) in [5, 5.41) is 2.93. The fraction of sp³-hybridized carbons (Fsp3) is 0.591. The van der Waals surface area contributed by atoms with E-state index in [1.165, 1.54) is 0 Å². The molecule has 6 heteroatoms. The first-order valence-electron chi connectivity index (χ1n) is 10.3. The van der Waals surface area contributed by atoms with E-state index in [0.717, 1.165) is 48.9 Å². The summed E-state index contributed by atoms with van der Waals surface area (Å²) < 4.78 is 0. The van der Waals surface area contributed by atoms with Crippen LogP contribution in [-0.2, 0) is 27.3 Å². The Morgan fingerprint density at radius 2 is 1.86 bits per heavy atom. The summed E-state index contributed by atoms with van der Waals surface area (Å²) in [4.78, 5) is 41.2. The van der Waals surface area contributed by atoms with Gasteiger partial charge in [0, 0.05) is 45.1 Å². The lowest BCUT2D eigenvalue weighted by Gasteiger charge is -2.38. The Balaban J connectivity index is 1.86. The highest BCUT2D eigenvalue weighted by molar-refractivity contribution is 5.91. The van der Waals surface area contributed by atoms with Crippen molar-refractivity contribution in [3.63, 3.8) is 0 Å². The molecule has 0 saturated heterocycles. The molecule has 1 heterocycles. The third-order valence-electron chi connectivity index (χ3n) is 5.81. The van der Waals surface area contributed by atoms with Crippen molar-refractivity contribution in [3.8, 4) is 0 Å². The van der Waals surface area contributed by atoms with Gasteiger partial charge in [0.2, 0.25) is 17.7 Å². The SMILES string of the molecule is CCCC(=O)Nc1ccc2c(c1)CN(C(=O)C1CCCC1)[C@@H](C(=O)N(C)C)C2. The molecule has 0 radical (unpaired) electrons. The second kappa shape index (κ2) is 8.76. The van der Waals surface area contributed by atoms with Crippen LogP contribution < -0.4 is 5.32 Å². The van der Waals surface area contributed by atoms with Gasteiger partial charge < -0.3 is 15.1 Å². The summed E-state index contributed by atoms with van der Waals surface area (Å²) >= 11 is 0. The molecule has 6 nitrogen and oxygen atoms in total. The highest BCUT2D eigenvalue weighted by Crippen LogP contribution is 2.32. The quantitative estimate of drug-likeness (QED) is 0.847. The van der Waals surface area contributed by atoms with E-state index in [-0.39, 0.29) is 23.6 Å². The molecule has 0 bridgehead atoms. The third-order valence-corrected chi connectivity index (χ3v) is 5.81. The highest BCUT2D eigenvalue weighted by Gasteiger charge is 2.38. The predicted molar refractivity (Wildman–Crippen MR) is 109 cm³/mol. The molecular weight excluding hydrogens is 354 g/mol. The van der Waals surface area contributed by atoms with Gasteiger partial charge in [-0.05, 0) is 42.5 Å². The molecule has 3 amide bonds. The minimum atomic E-state index is -0.448. The molecule has 1 atom stereocenters. The number of carbonyl (C=O) groups is 3. The van der Waals surface area contributed by atoms with Crippen LogP contribution in [0.4, 0.5) is 5.69 Å². The van der Waals surface area contributed by atoms with Gasteiger partial charge in [-0.2, -0.15) is 0 Å². The number of likely N-dealkylation sites (N-methyl/N-ethyl adjacent to an activating group) is 1. The largest absolute Gasteiger partial charge is 0.347 e. The zero-order chi connectivity index (χ0) is 20.3. The Labute approximate surface area is 167 Å². The van der Waals surface area contributed by atoms with Crippen molar-refractivity contribution in [1.29, 1.82) is 0 Å². The lowest BCUT2D eigenvalue weighted by molar-refractivity contribution is -0.148. The normalized spacial score (nSPS) is 19.2. The smallest absolute Gasteiger partial charge is 0.245 e. The molecule has 152 valence electrons. The Kier molecular flexibility index (Phi) is 6.37. The zero-order valence-electron chi connectivity index (χ0n) is 17.2. The van der Waals surface area contributed by atoms with Crippen molar-refractivity contribution < 1.29 is 14.4 Å². The summed E-state index contributed by atoms with van der Waals surface area (Å²) in [7, 11) is 3.48. The van der Waals surface area contributed by atoms with Gasteiger partial charge in [0.1, 0.15) is 6.04 Å². The Hall–Kier alpha value is -2.37. The number of hydrogen-bond donors (Lipinski definition) is 1. The van der Waals surface area contributed by atoms with Crippen LogP contribution in [0.25, 0.3) is 0 Å². The minimum absolute atomic E-state index is 0.00203. The van der Waals surface area contributed by atoms with E-state index in [9.17, 15) is 14.4 Å². The fourth-order valence-corrected chi connectivity index (χ4v) is 4.27. The van der Waals surface area contributed by atoms with Crippen molar-refractivity contribution in [2.45, 2.75) is 64.5 Å². The first-order chi connectivity index (χ1) is 13.4. The zero-order valence-corrected chi connectivity index (χ0v) is 17.2. The van der Waals surface area contributed by atoms with Gasteiger partial charge in [0.05, 0.1) is 0 Å². The lowest BCUT2D eigenvalue weighted by atomic mass is 9.91. The maximum Gasteiger partial charge on any atom is 0.245 e. The van der Waals surface area contributed by atoms with Crippen molar-refractivity contribution >= 4 is 23.4 Å². The summed E-state index contributed by atoms with van der Waals surface area (Å²) in [5.74, 6) is 0.102. The van der Waals surface area contributed by atoms with Crippen LogP contribution in [0.3, 0.4) is 0 Å². The number of anilines is 1.